The van der Waals surface area contributed by atoms with Crippen molar-refractivity contribution in [1.29, 1.82) is 5.26 Å². The van der Waals surface area contributed by atoms with E-state index in [-0.39, 0.29) is 11.5 Å². The average molecular weight is 650 g/mol. The highest BCUT2D eigenvalue weighted by Crippen LogP contribution is 2.31. The van der Waals surface area contributed by atoms with Gasteiger partial charge in [0.05, 0.1) is 20.4 Å². The highest BCUT2D eigenvalue weighted by atomic mass is 127. The van der Waals surface area contributed by atoms with Gasteiger partial charge in [-0.05, 0) is 85.3 Å². The normalized spacial score (nSPS) is 14.3. The van der Waals surface area contributed by atoms with E-state index in [0.717, 1.165) is 24.0 Å². The molecule has 3 aromatic carbocycles. The molecule has 0 saturated carbocycles. The van der Waals surface area contributed by atoms with Crippen LogP contribution >= 0.6 is 45.2 Å². The number of carbonyl (C=O) groups excluding carboxylic acids is 1. The van der Waals surface area contributed by atoms with Gasteiger partial charge in [0.15, 0.2) is 0 Å². The minimum absolute atomic E-state index is 0.128. The number of hydrogen-bond acceptors (Lipinski definition) is 4. The molecule has 1 amide bonds. The molecular weight excluding hydrogens is 630 g/mol. The summed E-state index contributed by atoms with van der Waals surface area (Å²) in [5, 5.41) is 11.9. The number of morpholine rings is 1. The van der Waals surface area contributed by atoms with E-state index in [2.05, 4.69) is 75.5 Å². The molecule has 3 aromatic rings. The number of ether oxygens (including phenoxy) is 2. The second kappa shape index (κ2) is 10.6. The van der Waals surface area contributed by atoms with Crippen LogP contribution in [0, 0.1) is 18.5 Å². The van der Waals surface area contributed by atoms with Crippen molar-refractivity contribution in [3.63, 3.8) is 0 Å². The molecule has 1 aliphatic rings. The summed E-state index contributed by atoms with van der Waals surface area (Å²) in [5.74, 6) is 0.548. The minimum Gasteiger partial charge on any atom is -0.487 e. The van der Waals surface area contributed by atoms with Gasteiger partial charge in [-0.1, -0.05) is 42.5 Å². The van der Waals surface area contributed by atoms with E-state index in [1.165, 1.54) is 10.8 Å². The summed E-state index contributed by atoms with van der Waals surface area (Å²) >= 11 is 4.48. The third-order valence-electron chi connectivity index (χ3n) is 5.23. The molecule has 1 fully saturated rings. The number of nitriles is 1. The Morgan fingerprint density at radius 2 is 1.78 bits per heavy atom. The monoisotopic (exact) mass is 650 g/mol. The molecule has 1 saturated heterocycles. The van der Waals surface area contributed by atoms with Crippen LogP contribution in [-0.4, -0.2) is 37.1 Å². The Bertz CT molecular complexity index is 1200. The van der Waals surface area contributed by atoms with Gasteiger partial charge in [-0.2, -0.15) is 5.26 Å². The molecule has 32 heavy (non-hydrogen) atoms. The van der Waals surface area contributed by atoms with Crippen molar-refractivity contribution in [1.82, 2.24) is 4.90 Å². The van der Waals surface area contributed by atoms with Crippen molar-refractivity contribution in [2.24, 2.45) is 0 Å². The van der Waals surface area contributed by atoms with E-state index < -0.39 is 0 Å². The first-order valence-corrected chi connectivity index (χ1v) is 12.3. The van der Waals surface area contributed by atoms with E-state index >= 15 is 0 Å². The van der Waals surface area contributed by atoms with Crippen LogP contribution in [-0.2, 0) is 16.1 Å². The van der Waals surface area contributed by atoms with Crippen molar-refractivity contribution in [3.8, 4) is 11.8 Å². The first-order valence-electron chi connectivity index (χ1n) is 10.1. The predicted molar refractivity (Wildman–Crippen MR) is 141 cm³/mol. The molecule has 4 rings (SSSR count). The lowest BCUT2D eigenvalue weighted by atomic mass is 10.1. The molecule has 162 valence electrons. The van der Waals surface area contributed by atoms with Gasteiger partial charge >= 0.3 is 0 Å². The SMILES string of the molecule is N#C/C(=C/c1cc(I)c(OCc2cccc3ccccc23)c(I)c1)C(=O)N1CCOCC1. The van der Waals surface area contributed by atoms with Crippen LogP contribution in [0.3, 0.4) is 0 Å². The zero-order chi connectivity index (χ0) is 22.5. The fraction of sp³-hybridized carbons (Fsp3) is 0.200. The maximum atomic E-state index is 12.7. The summed E-state index contributed by atoms with van der Waals surface area (Å²) in [5.41, 5.74) is 2.05. The predicted octanol–water partition coefficient (Wildman–Crippen LogP) is 5.39. The highest BCUT2D eigenvalue weighted by Gasteiger charge is 2.21. The Morgan fingerprint density at radius 3 is 2.50 bits per heavy atom. The molecule has 0 atom stereocenters. The Balaban J connectivity index is 1.54. The maximum absolute atomic E-state index is 12.7. The van der Waals surface area contributed by atoms with Crippen molar-refractivity contribution >= 4 is 67.9 Å². The average Bonchev–Trinajstić information content (AvgIpc) is 2.82. The maximum Gasteiger partial charge on any atom is 0.264 e. The summed E-state index contributed by atoms with van der Waals surface area (Å²) < 4.78 is 13.3. The number of benzene rings is 3. The van der Waals surface area contributed by atoms with E-state index in [4.69, 9.17) is 9.47 Å². The van der Waals surface area contributed by atoms with Gasteiger partial charge in [-0.15, -0.1) is 0 Å². The quantitative estimate of drug-likeness (QED) is 0.211. The first kappa shape index (κ1) is 23.0. The fourth-order valence-corrected chi connectivity index (χ4v) is 5.74. The third-order valence-corrected chi connectivity index (χ3v) is 6.84. The molecule has 1 heterocycles. The number of amides is 1. The second-order valence-electron chi connectivity index (χ2n) is 7.32. The topological polar surface area (TPSA) is 62.6 Å². The Kier molecular flexibility index (Phi) is 7.65. The Labute approximate surface area is 214 Å². The van der Waals surface area contributed by atoms with Gasteiger partial charge < -0.3 is 14.4 Å². The Hall–Kier alpha value is -2.16. The lowest BCUT2D eigenvalue weighted by molar-refractivity contribution is -0.130. The molecule has 0 bridgehead atoms. The summed E-state index contributed by atoms with van der Waals surface area (Å²) in [4.78, 5) is 14.4. The van der Waals surface area contributed by atoms with Gasteiger partial charge in [0, 0.05) is 13.1 Å². The molecule has 5 nitrogen and oxygen atoms in total. The number of rotatable bonds is 5. The number of nitrogens with zero attached hydrogens (tertiary/aromatic N) is 2. The zero-order valence-electron chi connectivity index (χ0n) is 17.2. The summed E-state index contributed by atoms with van der Waals surface area (Å²) in [7, 11) is 0. The van der Waals surface area contributed by atoms with Crippen LogP contribution in [0.15, 0.2) is 60.2 Å². The lowest BCUT2D eigenvalue weighted by Gasteiger charge is -2.26. The third kappa shape index (κ3) is 5.24. The summed E-state index contributed by atoms with van der Waals surface area (Å²) in [6.45, 7) is 2.48. The zero-order valence-corrected chi connectivity index (χ0v) is 21.5. The largest absolute Gasteiger partial charge is 0.487 e. The van der Waals surface area contributed by atoms with E-state index in [0.29, 0.717) is 32.9 Å². The number of carbonyl (C=O) groups is 1. The van der Waals surface area contributed by atoms with E-state index in [1.807, 2.05) is 30.3 Å². The summed E-state index contributed by atoms with van der Waals surface area (Å²) in [6.07, 6.45) is 1.65. The van der Waals surface area contributed by atoms with Crippen LogP contribution in [0.1, 0.15) is 11.1 Å². The van der Waals surface area contributed by atoms with Crippen molar-refractivity contribution in [2.75, 3.05) is 26.3 Å². The molecule has 1 aliphatic heterocycles. The van der Waals surface area contributed by atoms with Crippen LogP contribution in [0.5, 0.6) is 5.75 Å². The van der Waals surface area contributed by atoms with E-state index in [9.17, 15) is 10.1 Å². The minimum atomic E-state index is -0.253. The molecule has 0 N–H and O–H groups in total. The van der Waals surface area contributed by atoms with Crippen LogP contribution in [0.4, 0.5) is 0 Å². The van der Waals surface area contributed by atoms with Crippen molar-refractivity contribution < 1.29 is 14.3 Å². The van der Waals surface area contributed by atoms with E-state index in [1.54, 1.807) is 11.0 Å². The van der Waals surface area contributed by atoms with Gasteiger partial charge in [-0.3, -0.25) is 4.79 Å². The number of hydrogen-bond donors (Lipinski definition) is 0. The standard InChI is InChI=1S/C25H20I2N2O3/c26-22-13-17(12-20(15-28)25(30)29-8-10-31-11-9-29)14-23(27)24(22)32-16-19-6-3-5-18-4-1-2-7-21(18)19/h1-7,12-14H,8-11,16H2/b20-12-. The molecular formula is C25H20I2N2O3. The molecule has 0 aromatic heterocycles. The number of fused-ring (bicyclic) bond motifs is 1. The lowest BCUT2D eigenvalue weighted by Crippen LogP contribution is -2.41. The molecule has 0 aliphatic carbocycles. The number of halogens is 2. The molecule has 7 heteroatoms. The molecule has 0 spiro atoms. The fourth-order valence-electron chi connectivity index (χ4n) is 3.61. The smallest absolute Gasteiger partial charge is 0.264 e. The van der Waals surface area contributed by atoms with Crippen LogP contribution in [0.2, 0.25) is 0 Å². The highest BCUT2D eigenvalue weighted by molar-refractivity contribution is 14.1. The Morgan fingerprint density at radius 1 is 1.09 bits per heavy atom. The first-order chi connectivity index (χ1) is 15.6. The second-order valence-corrected chi connectivity index (χ2v) is 9.64. The van der Waals surface area contributed by atoms with Crippen molar-refractivity contribution in [3.05, 3.63) is 78.4 Å². The van der Waals surface area contributed by atoms with Gasteiger partial charge in [-0.25, -0.2) is 0 Å². The molecule has 0 unspecified atom stereocenters. The van der Waals surface area contributed by atoms with Gasteiger partial charge in [0.1, 0.15) is 24.0 Å². The van der Waals surface area contributed by atoms with Gasteiger partial charge in [0.25, 0.3) is 5.91 Å². The summed E-state index contributed by atoms with van der Waals surface area (Å²) in [6, 6.07) is 20.4. The van der Waals surface area contributed by atoms with Crippen LogP contribution < -0.4 is 4.74 Å². The molecule has 0 radical (unpaired) electrons. The van der Waals surface area contributed by atoms with Gasteiger partial charge in [0.2, 0.25) is 0 Å². The van der Waals surface area contributed by atoms with Crippen LogP contribution in [0.25, 0.3) is 16.8 Å². The van der Waals surface area contributed by atoms with Crippen molar-refractivity contribution in [2.45, 2.75) is 6.61 Å².